The van der Waals surface area contributed by atoms with Gasteiger partial charge in [0.15, 0.2) is 0 Å². The molecule has 0 unspecified atom stereocenters. The average Bonchev–Trinajstić information content (AvgIpc) is 2.70. The molecule has 0 aliphatic carbocycles. The van der Waals surface area contributed by atoms with Gasteiger partial charge in [0.25, 0.3) is 0 Å². The van der Waals surface area contributed by atoms with E-state index in [1.165, 1.54) is 17.4 Å². The molecule has 4 nitrogen and oxygen atoms in total. The lowest BCUT2D eigenvalue weighted by Crippen LogP contribution is -1.60. The molecule has 0 bridgehead atoms. The van der Waals surface area contributed by atoms with Crippen LogP contribution in [0, 0.1) is 0 Å². The van der Waals surface area contributed by atoms with Gasteiger partial charge in [0.05, 0.1) is 17.3 Å². The van der Waals surface area contributed by atoms with Crippen LogP contribution >= 0.6 is 11.3 Å². The first kappa shape index (κ1) is 7.91. The third-order valence-electron chi connectivity index (χ3n) is 1.40. The Balaban J connectivity index is 2.38. The summed E-state index contributed by atoms with van der Waals surface area (Å²) in [5, 5.41) is 0.390. The van der Waals surface area contributed by atoms with Crippen molar-refractivity contribution in [3.05, 3.63) is 24.6 Å². The molecule has 0 amide bonds. The second kappa shape index (κ2) is 3.35. The van der Waals surface area contributed by atoms with Crippen LogP contribution in [0.15, 0.2) is 34.0 Å². The molecule has 13 heavy (non-hydrogen) atoms. The van der Waals surface area contributed by atoms with Crippen molar-refractivity contribution in [3.63, 3.8) is 0 Å². The van der Waals surface area contributed by atoms with Crippen LogP contribution in [0.5, 0.6) is 0 Å². The number of thiazole rings is 1. The average molecular weight is 192 g/mol. The van der Waals surface area contributed by atoms with Gasteiger partial charge in [0.1, 0.15) is 5.76 Å². The van der Waals surface area contributed by atoms with E-state index in [1.54, 1.807) is 18.5 Å². The molecular weight excluding hydrogens is 188 g/mol. The highest BCUT2D eigenvalue weighted by molar-refractivity contribution is 7.18. The predicted molar refractivity (Wildman–Crippen MR) is 47.6 cm³/mol. The summed E-state index contributed by atoms with van der Waals surface area (Å²) in [6.07, 6.45) is 4.63. The molecule has 0 aliphatic heterocycles. The number of furan rings is 1. The van der Waals surface area contributed by atoms with E-state index in [4.69, 9.17) is 4.42 Å². The number of carbonyl (C=O) groups excluding carboxylic acids is 1. The van der Waals surface area contributed by atoms with Crippen molar-refractivity contribution in [2.75, 3.05) is 0 Å². The van der Waals surface area contributed by atoms with Crippen LogP contribution in [0.1, 0.15) is 0 Å². The van der Waals surface area contributed by atoms with Crippen LogP contribution in [0.2, 0.25) is 0 Å². The van der Waals surface area contributed by atoms with Gasteiger partial charge >= 0.3 is 0 Å². The maximum Gasteiger partial charge on any atom is 0.242 e. The normalized spacial score (nSPS) is 9.54. The Labute approximate surface area is 77.6 Å². The number of hydrogen-bond donors (Lipinski definition) is 0. The molecular formula is C8H4N2O2S. The zero-order valence-corrected chi connectivity index (χ0v) is 7.25. The Bertz CT molecular complexity index is 440. The summed E-state index contributed by atoms with van der Waals surface area (Å²) in [5.41, 5.74) is 0. The van der Waals surface area contributed by atoms with E-state index in [2.05, 4.69) is 9.98 Å². The molecule has 0 saturated carbocycles. The topological polar surface area (TPSA) is 55.5 Å². The molecule has 2 heterocycles. The highest BCUT2D eigenvalue weighted by Gasteiger charge is 2.04. The third kappa shape index (κ3) is 1.56. The molecule has 0 aliphatic rings. The SMILES string of the molecule is O=C=Nc1ncc(-c2ccco2)s1. The molecule has 2 rings (SSSR count). The largest absolute Gasteiger partial charge is 0.463 e. The number of aliphatic imine (C=N–C) groups is 1. The van der Waals surface area contributed by atoms with Crippen molar-refractivity contribution in [1.82, 2.24) is 4.98 Å². The van der Waals surface area contributed by atoms with Crippen LogP contribution in [0.25, 0.3) is 10.6 Å². The molecule has 0 fully saturated rings. The summed E-state index contributed by atoms with van der Waals surface area (Å²) in [4.78, 5) is 18.1. The van der Waals surface area contributed by atoms with E-state index in [-0.39, 0.29) is 0 Å². The molecule has 0 saturated heterocycles. The van der Waals surface area contributed by atoms with Gasteiger partial charge in [-0.15, -0.1) is 4.99 Å². The van der Waals surface area contributed by atoms with Crippen LogP contribution in [-0.2, 0) is 4.79 Å². The molecule has 2 aromatic heterocycles. The summed E-state index contributed by atoms with van der Waals surface area (Å²) < 4.78 is 5.14. The van der Waals surface area contributed by atoms with Crippen LogP contribution in [-0.4, -0.2) is 11.1 Å². The van der Waals surface area contributed by atoms with Crippen molar-refractivity contribution in [3.8, 4) is 10.6 Å². The highest BCUT2D eigenvalue weighted by atomic mass is 32.1. The minimum absolute atomic E-state index is 0.390. The minimum Gasteiger partial charge on any atom is -0.463 e. The molecule has 5 heteroatoms. The number of nitrogens with zero attached hydrogens (tertiary/aromatic N) is 2. The van der Waals surface area contributed by atoms with E-state index in [1.807, 2.05) is 6.07 Å². The lowest BCUT2D eigenvalue weighted by Gasteiger charge is -1.84. The molecule has 0 spiro atoms. The summed E-state index contributed by atoms with van der Waals surface area (Å²) >= 11 is 1.28. The lowest BCUT2D eigenvalue weighted by molar-refractivity contribution is 0.565. The van der Waals surface area contributed by atoms with E-state index in [0.29, 0.717) is 5.13 Å². The van der Waals surface area contributed by atoms with Crippen molar-refractivity contribution >= 4 is 22.5 Å². The third-order valence-corrected chi connectivity index (χ3v) is 2.30. The van der Waals surface area contributed by atoms with Gasteiger partial charge in [-0.2, -0.15) is 0 Å². The van der Waals surface area contributed by atoms with Crippen molar-refractivity contribution in [1.29, 1.82) is 0 Å². The summed E-state index contributed by atoms with van der Waals surface area (Å²) in [7, 11) is 0. The Morgan fingerprint density at radius 2 is 2.54 bits per heavy atom. The first-order chi connectivity index (χ1) is 6.40. The van der Waals surface area contributed by atoms with Gasteiger partial charge in [0.2, 0.25) is 11.2 Å². The fraction of sp³-hybridized carbons (Fsp3) is 0. The molecule has 0 aromatic carbocycles. The van der Waals surface area contributed by atoms with Gasteiger partial charge in [-0.3, -0.25) is 0 Å². The molecule has 0 N–H and O–H groups in total. The Hall–Kier alpha value is -1.71. The number of hydrogen-bond acceptors (Lipinski definition) is 5. The Morgan fingerprint density at radius 3 is 3.23 bits per heavy atom. The Kier molecular flexibility index (Phi) is 2.04. The standard InChI is InChI=1S/C8H4N2O2S/c11-5-10-8-9-4-7(13-8)6-2-1-3-12-6/h1-4H. The quantitative estimate of drug-likeness (QED) is 0.542. The fourth-order valence-corrected chi connectivity index (χ4v) is 1.60. The second-order valence-corrected chi connectivity index (χ2v) is 3.20. The van der Waals surface area contributed by atoms with E-state index in [0.717, 1.165) is 10.6 Å². The maximum atomic E-state index is 9.92. The number of isocyanates is 1. The first-order valence-electron chi connectivity index (χ1n) is 3.48. The second-order valence-electron chi connectivity index (χ2n) is 2.19. The van der Waals surface area contributed by atoms with Crippen LogP contribution in [0.3, 0.4) is 0 Å². The molecule has 64 valence electrons. The number of rotatable bonds is 2. The van der Waals surface area contributed by atoms with E-state index < -0.39 is 0 Å². The van der Waals surface area contributed by atoms with Crippen LogP contribution < -0.4 is 0 Å². The molecule has 0 atom stereocenters. The summed E-state index contributed by atoms with van der Waals surface area (Å²) in [6.45, 7) is 0. The van der Waals surface area contributed by atoms with Crippen molar-refractivity contribution in [2.24, 2.45) is 4.99 Å². The number of aromatic nitrogens is 1. The first-order valence-corrected chi connectivity index (χ1v) is 4.29. The van der Waals surface area contributed by atoms with E-state index in [9.17, 15) is 4.79 Å². The Morgan fingerprint density at radius 1 is 1.62 bits per heavy atom. The summed E-state index contributed by atoms with van der Waals surface area (Å²) in [6, 6.07) is 3.61. The minimum atomic E-state index is 0.390. The van der Waals surface area contributed by atoms with Gasteiger partial charge in [0, 0.05) is 0 Å². The zero-order valence-electron chi connectivity index (χ0n) is 6.43. The molecule has 2 aromatic rings. The van der Waals surface area contributed by atoms with Crippen molar-refractivity contribution < 1.29 is 9.21 Å². The van der Waals surface area contributed by atoms with Crippen LogP contribution in [0.4, 0.5) is 5.13 Å². The van der Waals surface area contributed by atoms with E-state index >= 15 is 0 Å². The van der Waals surface area contributed by atoms with Gasteiger partial charge in [-0.05, 0) is 12.1 Å². The van der Waals surface area contributed by atoms with Gasteiger partial charge < -0.3 is 4.42 Å². The fourth-order valence-electron chi connectivity index (χ4n) is 0.888. The van der Waals surface area contributed by atoms with Gasteiger partial charge in [-0.25, -0.2) is 9.78 Å². The monoisotopic (exact) mass is 192 g/mol. The lowest BCUT2D eigenvalue weighted by atomic mass is 10.4. The highest BCUT2D eigenvalue weighted by Crippen LogP contribution is 2.30. The zero-order chi connectivity index (χ0) is 9.10. The smallest absolute Gasteiger partial charge is 0.242 e. The van der Waals surface area contributed by atoms with Gasteiger partial charge in [-0.1, -0.05) is 11.3 Å². The summed E-state index contributed by atoms with van der Waals surface area (Å²) in [5.74, 6) is 0.727. The maximum absolute atomic E-state index is 9.92. The van der Waals surface area contributed by atoms with Crippen molar-refractivity contribution in [2.45, 2.75) is 0 Å². The molecule has 0 radical (unpaired) electrons. The predicted octanol–water partition coefficient (Wildman–Crippen LogP) is 2.37.